The number of hydrogen-bond acceptors (Lipinski definition) is 1. The number of hydrogen-bond donors (Lipinski definition) is 1. The van der Waals surface area contributed by atoms with Gasteiger partial charge >= 0.3 is 5.97 Å². The van der Waals surface area contributed by atoms with Gasteiger partial charge in [0.15, 0.2) is 0 Å². The standard InChI is InChI=1S/C12H20O2/c1-11(5-3-2-4-6-11)12(7-8-12)9-10(13)14/h2-9H2,1H3,(H,13,14). The maximum atomic E-state index is 10.8. The summed E-state index contributed by atoms with van der Waals surface area (Å²) in [5, 5.41) is 8.93. The Balaban J connectivity index is 2.07. The lowest BCUT2D eigenvalue weighted by molar-refractivity contribution is -0.140. The first kappa shape index (κ1) is 10.0. The molecule has 2 saturated carbocycles. The lowest BCUT2D eigenvalue weighted by Crippen LogP contribution is -2.33. The van der Waals surface area contributed by atoms with Crippen molar-refractivity contribution >= 4 is 5.97 Å². The van der Waals surface area contributed by atoms with Gasteiger partial charge in [-0.1, -0.05) is 26.2 Å². The molecule has 2 heteroatoms. The number of carbonyl (C=O) groups is 1. The molecular formula is C12H20O2. The molecule has 0 saturated heterocycles. The SMILES string of the molecule is CC1(C2(CC(=O)O)CC2)CCCCC1. The van der Waals surface area contributed by atoms with Gasteiger partial charge in [-0.2, -0.15) is 0 Å². The topological polar surface area (TPSA) is 37.3 Å². The monoisotopic (exact) mass is 196 g/mol. The highest BCUT2D eigenvalue weighted by Gasteiger charge is 2.57. The largest absolute Gasteiger partial charge is 0.481 e. The van der Waals surface area contributed by atoms with Crippen molar-refractivity contribution in [1.82, 2.24) is 0 Å². The number of carboxylic acids is 1. The van der Waals surface area contributed by atoms with E-state index in [1.165, 1.54) is 32.1 Å². The zero-order valence-corrected chi connectivity index (χ0v) is 9.01. The van der Waals surface area contributed by atoms with E-state index >= 15 is 0 Å². The van der Waals surface area contributed by atoms with Crippen LogP contribution in [0.4, 0.5) is 0 Å². The Hall–Kier alpha value is -0.530. The third-order valence-electron chi connectivity index (χ3n) is 4.58. The van der Waals surface area contributed by atoms with Crippen molar-refractivity contribution in [1.29, 1.82) is 0 Å². The normalized spacial score (nSPS) is 28.4. The fraction of sp³-hybridized carbons (Fsp3) is 0.917. The van der Waals surface area contributed by atoms with Gasteiger partial charge < -0.3 is 5.11 Å². The van der Waals surface area contributed by atoms with E-state index in [1.807, 2.05) is 0 Å². The van der Waals surface area contributed by atoms with Crippen molar-refractivity contribution in [3.8, 4) is 0 Å². The molecule has 0 aliphatic heterocycles. The van der Waals surface area contributed by atoms with Crippen LogP contribution in [0.15, 0.2) is 0 Å². The molecule has 2 aliphatic rings. The average Bonchev–Trinajstić information content (AvgIpc) is 2.86. The van der Waals surface area contributed by atoms with Crippen LogP contribution in [0.1, 0.15) is 58.3 Å². The summed E-state index contributed by atoms with van der Waals surface area (Å²) in [6, 6.07) is 0. The van der Waals surface area contributed by atoms with Crippen LogP contribution in [-0.2, 0) is 4.79 Å². The minimum atomic E-state index is -0.603. The Morgan fingerprint density at radius 3 is 2.14 bits per heavy atom. The minimum Gasteiger partial charge on any atom is -0.481 e. The molecule has 2 fully saturated rings. The molecule has 2 rings (SSSR count). The first-order valence-electron chi connectivity index (χ1n) is 5.80. The first-order valence-corrected chi connectivity index (χ1v) is 5.80. The van der Waals surface area contributed by atoms with Gasteiger partial charge in [0.2, 0.25) is 0 Å². The summed E-state index contributed by atoms with van der Waals surface area (Å²) >= 11 is 0. The van der Waals surface area contributed by atoms with E-state index in [1.54, 1.807) is 0 Å². The molecule has 1 N–H and O–H groups in total. The molecule has 0 spiro atoms. The van der Waals surface area contributed by atoms with Crippen LogP contribution in [0, 0.1) is 10.8 Å². The van der Waals surface area contributed by atoms with Crippen LogP contribution >= 0.6 is 0 Å². The van der Waals surface area contributed by atoms with Gasteiger partial charge in [-0.15, -0.1) is 0 Å². The third-order valence-corrected chi connectivity index (χ3v) is 4.58. The molecule has 0 heterocycles. The summed E-state index contributed by atoms with van der Waals surface area (Å²) in [7, 11) is 0. The molecule has 0 radical (unpaired) electrons. The number of aliphatic carboxylic acids is 1. The lowest BCUT2D eigenvalue weighted by atomic mass is 9.64. The van der Waals surface area contributed by atoms with E-state index in [9.17, 15) is 4.79 Å². The van der Waals surface area contributed by atoms with E-state index in [4.69, 9.17) is 5.11 Å². The van der Waals surface area contributed by atoms with Crippen molar-refractivity contribution in [3.05, 3.63) is 0 Å². The predicted molar refractivity (Wildman–Crippen MR) is 55.1 cm³/mol. The van der Waals surface area contributed by atoms with Gasteiger partial charge in [-0.3, -0.25) is 4.79 Å². The summed E-state index contributed by atoms with van der Waals surface area (Å²) in [6.07, 6.45) is 9.16. The van der Waals surface area contributed by atoms with Gasteiger partial charge in [-0.25, -0.2) is 0 Å². The highest BCUT2D eigenvalue weighted by Crippen LogP contribution is 2.65. The Bertz CT molecular complexity index is 235. The van der Waals surface area contributed by atoms with E-state index in [0.717, 1.165) is 12.8 Å². The molecule has 0 aromatic carbocycles. The molecule has 0 aromatic heterocycles. The minimum absolute atomic E-state index is 0.180. The highest BCUT2D eigenvalue weighted by molar-refractivity contribution is 5.68. The van der Waals surface area contributed by atoms with E-state index in [-0.39, 0.29) is 5.41 Å². The molecule has 2 nitrogen and oxygen atoms in total. The summed E-state index contributed by atoms with van der Waals surface area (Å²) < 4.78 is 0. The maximum absolute atomic E-state index is 10.8. The van der Waals surface area contributed by atoms with Crippen LogP contribution in [0.2, 0.25) is 0 Å². The second kappa shape index (κ2) is 3.25. The third kappa shape index (κ3) is 1.55. The number of rotatable bonds is 3. The van der Waals surface area contributed by atoms with Crippen molar-refractivity contribution < 1.29 is 9.90 Å². The van der Waals surface area contributed by atoms with Crippen molar-refractivity contribution in [3.63, 3.8) is 0 Å². The Morgan fingerprint density at radius 1 is 1.14 bits per heavy atom. The fourth-order valence-electron chi connectivity index (χ4n) is 3.30. The summed E-state index contributed by atoms with van der Waals surface area (Å²) in [5.74, 6) is -0.603. The molecule has 80 valence electrons. The quantitative estimate of drug-likeness (QED) is 0.752. The molecular weight excluding hydrogens is 176 g/mol. The lowest BCUT2D eigenvalue weighted by Gasteiger charge is -2.41. The van der Waals surface area contributed by atoms with Gasteiger partial charge in [0.1, 0.15) is 0 Å². The van der Waals surface area contributed by atoms with Crippen LogP contribution < -0.4 is 0 Å². The van der Waals surface area contributed by atoms with Gasteiger partial charge in [0.05, 0.1) is 6.42 Å². The maximum Gasteiger partial charge on any atom is 0.303 e. The molecule has 0 atom stereocenters. The molecule has 0 aromatic rings. The van der Waals surface area contributed by atoms with Crippen LogP contribution in [0.25, 0.3) is 0 Å². The van der Waals surface area contributed by atoms with Crippen LogP contribution in [0.3, 0.4) is 0 Å². The predicted octanol–water partition coefficient (Wildman–Crippen LogP) is 3.21. The molecule has 0 bridgehead atoms. The van der Waals surface area contributed by atoms with Gasteiger partial charge in [-0.05, 0) is 36.5 Å². The molecule has 0 amide bonds. The second-order valence-electron chi connectivity index (χ2n) is 5.47. The molecule has 0 unspecified atom stereocenters. The molecule has 14 heavy (non-hydrogen) atoms. The zero-order chi connectivity index (χ0) is 10.2. The Morgan fingerprint density at radius 2 is 1.71 bits per heavy atom. The second-order valence-corrected chi connectivity index (χ2v) is 5.47. The van der Waals surface area contributed by atoms with Crippen molar-refractivity contribution in [2.45, 2.75) is 58.3 Å². The Labute approximate surface area is 85.7 Å². The first-order chi connectivity index (χ1) is 6.58. The number of carboxylic acid groups (broad SMARTS) is 1. The summed E-state index contributed by atoms with van der Waals surface area (Å²) in [6.45, 7) is 2.32. The van der Waals surface area contributed by atoms with Gasteiger partial charge in [0.25, 0.3) is 0 Å². The van der Waals surface area contributed by atoms with Crippen LogP contribution in [0.5, 0.6) is 0 Å². The average molecular weight is 196 g/mol. The highest BCUT2D eigenvalue weighted by atomic mass is 16.4. The molecule has 2 aliphatic carbocycles. The van der Waals surface area contributed by atoms with Crippen molar-refractivity contribution in [2.24, 2.45) is 10.8 Å². The van der Waals surface area contributed by atoms with Crippen molar-refractivity contribution in [2.75, 3.05) is 0 Å². The van der Waals surface area contributed by atoms with E-state index in [2.05, 4.69) is 6.92 Å². The van der Waals surface area contributed by atoms with E-state index in [0.29, 0.717) is 11.8 Å². The summed E-state index contributed by atoms with van der Waals surface area (Å²) in [5.41, 5.74) is 0.517. The zero-order valence-electron chi connectivity index (χ0n) is 9.01. The van der Waals surface area contributed by atoms with Gasteiger partial charge in [0, 0.05) is 0 Å². The van der Waals surface area contributed by atoms with Crippen LogP contribution in [-0.4, -0.2) is 11.1 Å². The fourth-order valence-corrected chi connectivity index (χ4v) is 3.30. The Kier molecular flexibility index (Phi) is 2.32. The smallest absolute Gasteiger partial charge is 0.303 e. The summed E-state index contributed by atoms with van der Waals surface area (Å²) in [4.78, 5) is 10.8. The van der Waals surface area contributed by atoms with E-state index < -0.39 is 5.97 Å².